The van der Waals surface area contributed by atoms with Crippen LogP contribution in [0.2, 0.25) is 0 Å². The second-order valence-corrected chi connectivity index (χ2v) is 6.20. The first-order valence-electron chi connectivity index (χ1n) is 8.13. The van der Waals surface area contributed by atoms with Crippen LogP contribution in [0.4, 0.5) is 13.2 Å². The van der Waals surface area contributed by atoms with Gasteiger partial charge in [0.15, 0.2) is 0 Å². The van der Waals surface area contributed by atoms with Crippen molar-refractivity contribution in [3.05, 3.63) is 36.2 Å². The molecule has 0 aromatic carbocycles. The fourth-order valence-electron chi connectivity index (χ4n) is 2.84. The number of ether oxygens (including phenoxy) is 1. The van der Waals surface area contributed by atoms with Gasteiger partial charge in [-0.2, -0.15) is 18.3 Å². The Kier molecular flexibility index (Phi) is 5.22. The molecule has 0 radical (unpaired) electrons. The molecule has 1 saturated heterocycles. The Labute approximate surface area is 143 Å². The molecule has 0 amide bonds. The molecular formula is C16H20F3N5O. The zero-order valence-corrected chi connectivity index (χ0v) is 13.9. The molecule has 2 aromatic rings. The number of piperidine rings is 1. The minimum Gasteiger partial charge on any atom is -0.493 e. The Morgan fingerprint density at radius 2 is 2.00 bits per heavy atom. The Hall–Kier alpha value is -2.16. The topological polar surface area (TPSA) is 56.1 Å². The predicted molar refractivity (Wildman–Crippen MR) is 83.7 cm³/mol. The lowest BCUT2D eigenvalue weighted by molar-refractivity contribution is -0.141. The van der Waals surface area contributed by atoms with Gasteiger partial charge in [-0.3, -0.25) is 14.6 Å². The van der Waals surface area contributed by atoms with Crippen LogP contribution in [0, 0.1) is 5.92 Å². The Morgan fingerprint density at radius 3 is 2.64 bits per heavy atom. The van der Waals surface area contributed by atoms with Crippen LogP contribution in [-0.4, -0.2) is 44.3 Å². The zero-order chi connectivity index (χ0) is 17.9. The molecule has 6 nitrogen and oxygen atoms in total. The standard InChI is InChI=1S/C16H20F3N5O/c1-23-15(21-11-22-23)9-24-6-3-12(4-7-24)10-25-13-2-5-20-14(8-13)16(17,18)19/h2,5,8,11-12H,3-4,6-7,9-10H2,1H3. The molecular weight excluding hydrogens is 335 g/mol. The number of aromatic nitrogens is 4. The summed E-state index contributed by atoms with van der Waals surface area (Å²) in [5.41, 5.74) is -0.927. The molecule has 0 aliphatic carbocycles. The van der Waals surface area contributed by atoms with Crippen molar-refractivity contribution in [2.45, 2.75) is 25.6 Å². The molecule has 0 atom stereocenters. The molecule has 1 aliphatic heterocycles. The van der Waals surface area contributed by atoms with Crippen LogP contribution in [0.25, 0.3) is 0 Å². The van der Waals surface area contributed by atoms with E-state index in [9.17, 15) is 13.2 Å². The number of likely N-dealkylation sites (tertiary alicyclic amines) is 1. The smallest absolute Gasteiger partial charge is 0.433 e. The summed E-state index contributed by atoms with van der Waals surface area (Å²) in [7, 11) is 1.87. The number of nitrogens with zero attached hydrogens (tertiary/aromatic N) is 5. The average Bonchev–Trinajstić information content (AvgIpc) is 2.99. The molecule has 0 bridgehead atoms. The molecule has 0 spiro atoms. The highest BCUT2D eigenvalue weighted by Gasteiger charge is 2.32. The van der Waals surface area contributed by atoms with Crippen LogP contribution in [0.5, 0.6) is 5.75 Å². The van der Waals surface area contributed by atoms with Crippen molar-refractivity contribution in [1.82, 2.24) is 24.6 Å². The lowest BCUT2D eigenvalue weighted by Gasteiger charge is -2.31. The van der Waals surface area contributed by atoms with Crippen LogP contribution >= 0.6 is 0 Å². The Balaban J connectivity index is 1.46. The Bertz CT molecular complexity index is 695. The molecule has 0 unspecified atom stereocenters. The number of alkyl halides is 3. The first kappa shape index (κ1) is 17.7. The van der Waals surface area contributed by atoms with Crippen molar-refractivity contribution in [3.63, 3.8) is 0 Å². The van der Waals surface area contributed by atoms with E-state index in [1.165, 1.54) is 6.07 Å². The fraction of sp³-hybridized carbons (Fsp3) is 0.562. The van der Waals surface area contributed by atoms with Gasteiger partial charge in [0, 0.05) is 19.3 Å². The van der Waals surface area contributed by atoms with Gasteiger partial charge >= 0.3 is 6.18 Å². The summed E-state index contributed by atoms with van der Waals surface area (Å²) in [6.07, 6.45) is 0.0934. The summed E-state index contributed by atoms with van der Waals surface area (Å²) < 4.78 is 45.3. The van der Waals surface area contributed by atoms with E-state index < -0.39 is 11.9 Å². The second kappa shape index (κ2) is 7.38. The number of hydrogen-bond donors (Lipinski definition) is 0. The van der Waals surface area contributed by atoms with Gasteiger partial charge in [0.25, 0.3) is 0 Å². The summed E-state index contributed by atoms with van der Waals surface area (Å²) in [6.45, 7) is 2.98. The van der Waals surface area contributed by atoms with E-state index in [4.69, 9.17) is 4.74 Å². The highest BCUT2D eigenvalue weighted by molar-refractivity contribution is 5.24. The molecule has 3 heterocycles. The molecule has 3 rings (SSSR count). The third-order valence-corrected chi connectivity index (χ3v) is 4.38. The first-order valence-corrected chi connectivity index (χ1v) is 8.13. The molecule has 136 valence electrons. The van der Waals surface area contributed by atoms with Gasteiger partial charge in [0.05, 0.1) is 13.2 Å². The van der Waals surface area contributed by atoms with E-state index in [0.717, 1.165) is 50.6 Å². The quantitative estimate of drug-likeness (QED) is 0.825. The van der Waals surface area contributed by atoms with Crippen molar-refractivity contribution in [1.29, 1.82) is 0 Å². The molecule has 0 N–H and O–H groups in total. The highest BCUT2D eigenvalue weighted by atomic mass is 19.4. The second-order valence-electron chi connectivity index (χ2n) is 6.20. The van der Waals surface area contributed by atoms with Crippen LogP contribution in [-0.2, 0) is 19.8 Å². The summed E-state index contributed by atoms with van der Waals surface area (Å²) in [5.74, 6) is 1.47. The van der Waals surface area contributed by atoms with Crippen LogP contribution < -0.4 is 4.74 Å². The van der Waals surface area contributed by atoms with Crippen LogP contribution in [0.1, 0.15) is 24.4 Å². The minimum atomic E-state index is -4.45. The molecule has 1 fully saturated rings. The van der Waals surface area contributed by atoms with Gasteiger partial charge in [-0.15, -0.1) is 0 Å². The molecule has 9 heteroatoms. The number of hydrogen-bond acceptors (Lipinski definition) is 5. The van der Waals surface area contributed by atoms with Crippen molar-refractivity contribution in [3.8, 4) is 5.75 Å². The van der Waals surface area contributed by atoms with Crippen LogP contribution in [0.15, 0.2) is 24.7 Å². The van der Waals surface area contributed by atoms with E-state index in [1.807, 2.05) is 7.05 Å². The average molecular weight is 355 g/mol. The first-order chi connectivity index (χ1) is 11.9. The van der Waals surface area contributed by atoms with E-state index in [1.54, 1.807) is 11.0 Å². The summed E-state index contributed by atoms with van der Waals surface area (Å²) in [6, 6.07) is 2.40. The van der Waals surface area contributed by atoms with Gasteiger partial charge < -0.3 is 4.74 Å². The largest absolute Gasteiger partial charge is 0.493 e. The van der Waals surface area contributed by atoms with Gasteiger partial charge in [-0.25, -0.2) is 4.98 Å². The lowest BCUT2D eigenvalue weighted by Crippen LogP contribution is -2.35. The molecule has 1 aliphatic rings. The van der Waals surface area contributed by atoms with Crippen molar-refractivity contribution >= 4 is 0 Å². The monoisotopic (exact) mass is 355 g/mol. The van der Waals surface area contributed by atoms with Crippen LogP contribution in [0.3, 0.4) is 0 Å². The Morgan fingerprint density at radius 1 is 1.24 bits per heavy atom. The third-order valence-electron chi connectivity index (χ3n) is 4.38. The van der Waals surface area contributed by atoms with E-state index >= 15 is 0 Å². The zero-order valence-electron chi connectivity index (χ0n) is 13.9. The van der Waals surface area contributed by atoms with Crippen molar-refractivity contribution in [2.75, 3.05) is 19.7 Å². The highest BCUT2D eigenvalue weighted by Crippen LogP contribution is 2.29. The third kappa shape index (κ3) is 4.68. The number of aryl methyl sites for hydroxylation is 1. The lowest BCUT2D eigenvalue weighted by atomic mass is 9.98. The molecule has 0 saturated carbocycles. The number of pyridine rings is 1. The van der Waals surface area contributed by atoms with E-state index in [-0.39, 0.29) is 5.75 Å². The predicted octanol–water partition coefficient (Wildman–Crippen LogP) is 2.52. The van der Waals surface area contributed by atoms with E-state index in [2.05, 4.69) is 20.0 Å². The van der Waals surface area contributed by atoms with Crippen molar-refractivity contribution < 1.29 is 17.9 Å². The van der Waals surface area contributed by atoms with Gasteiger partial charge in [-0.05, 0) is 37.9 Å². The van der Waals surface area contributed by atoms with E-state index in [0.29, 0.717) is 12.5 Å². The fourth-order valence-corrected chi connectivity index (χ4v) is 2.84. The summed E-state index contributed by atoms with van der Waals surface area (Å²) in [5, 5.41) is 4.06. The maximum Gasteiger partial charge on any atom is 0.433 e. The van der Waals surface area contributed by atoms with Gasteiger partial charge in [0.2, 0.25) is 0 Å². The van der Waals surface area contributed by atoms with Gasteiger partial charge in [-0.1, -0.05) is 0 Å². The maximum absolute atomic E-state index is 12.7. The minimum absolute atomic E-state index is 0.212. The molecule has 2 aromatic heterocycles. The molecule has 25 heavy (non-hydrogen) atoms. The summed E-state index contributed by atoms with van der Waals surface area (Å²) in [4.78, 5) is 9.85. The number of halogens is 3. The maximum atomic E-state index is 12.7. The number of rotatable bonds is 5. The van der Waals surface area contributed by atoms with Gasteiger partial charge in [0.1, 0.15) is 23.6 Å². The SMILES string of the molecule is Cn1ncnc1CN1CCC(COc2ccnc(C(F)(F)F)c2)CC1. The summed E-state index contributed by atoms with van der Waals surface area (Å²) >= 11 is 0. The van der Waals surface area contributed by atoms with Crippen molar-refractivity contribution in [2.24, 2.45) is 13.0 Å². The normalized spacial score (nSPS) is 17.0.